The molecular weight excluding hydrogens is 278 g/mol. The number of carbonyl (C=O) groups is 1. The summed E-state index contributed by atoms with van der Waals surface area (Å²) in [5.74, 6) is 0.717. The Balaban J connectivity index is 1.99. The molecular formula is C18H17NO3. The molecule has 0 aliphatic carbocycles. The molecule has 0 atom stereocenters. The first-order chi connectivity index (χ1) is 10.6. The molecule has 2 aromatic rings. The highest BCUT2D eigenvalue weighted by atomic mass is 16.5. The van der Waals surface area contributed by atoms with Crippen molar-refractivity contribution in [3.8, 4) is 5.75 Å². The van der Waals surface area contributed by atoms with Gasteiger partial charge in [-0.1, -0.05) is 24.3 Å². The number of nitrogens with zero attached hydrogens (tertiary/aromatic N) is 1. The predicted octanol–water partition coefficient (Wildman–Crippen LogP) is 3.43. The molecule has 2 aromatic carbocycles. The fourth-order valence-corrected chi connectivity index (χ4v) is 2.45. The summed E-state index contributed by atoms with van der Waals surface area (Å²) in [6.07, 6.45) is 1.86. The molecule has 22 heavy (non-hydrogen) atoms. The fourth-order valence-electron chi connectivity index (χ4n) is 2.45. The first-order valence-electron chi connectivity index (χ1n) is 6.99. The zero-order valence-electron chi connectivity index (χ0n) is 12.8. The second-order valence-electron chi connectivity index (χ2n) is 5.27. The summed E-state index contributed by atoms with van der Waals surface area (Å²) in [6.45, 7) is 0. The van der Waals surface area contributed by atoms with Crippen LogP contribution in [0.3, 0.4) is 0 Å². The summed E-state index contributed by atoms with van der Waals surface area (Å²) in [5, 5.41) is 0. The van der Waals surface area contributed by atoms with Crippen molar-refractivity contribution < 1.29 is 14.3 Å². The van der Waals surface area contributed by atoms with E-state index >= 15 is 0 Å². The lowest BCUT2D eigenvalue weighted by atomic mass is 10.1. The Kier molecular flexibility index (Phi) is 3.59. The van der Waals surface area contributed by atoms with E-state index in [9.17, 15) is 4.79 Å². The molecule has 3 rings (SSSR count). The van der Waals surface area contributed by atoms with Gasteiger partial charge in [-0.15, -0.1) is 0 Å². The molecule has 0 radical (unpaired) electrons. The number of cyclic esters (lactones) is 1. The van der Waals surface area contributed by atoms with Crippen LogP contribution in [0.5, 0.6) is 5.75 Å². The van der Waals surface area contributed by atoms with Crippen LogP contribution in [-0.4, -0.2) is 27.2 Å². The lowest BCUT2D eigenvalue weighted by Gasteiger charge is -2.11. The molecule has 0 amide bonds. The quantitative estimate of drug-likeness (QED) is 0.813. The van der Waals surface area contributed by atoms with Gasteiger partial charge in [0.05, 0.1) is 7.11 Å². The zero-order valence-corrected chi connectivity index (χ0v) is 12.8. The third-order valence-corrected chi connectivity index (χ3v) is 3.63. The fraction of sp³-hybridized carbons (Fsp3) is 0.167. The Hall–Kier alpha value is -2.75. The maximum Gasteiger partial charge on any atom is 0.348 e. The van der Waals surface area contributed by atoms with Gasteiger partial charge in [-0.25, -0.2) is 4.79 Å². The molecule has 0 saturated carbocycles. The first-order valence-corrected chi connectivity index (χ1v) is 6.99. The van der Waals surface area contributed by atoms with Gasteiger partial charge in [-0.05, 0) is 29.8 Å². The van der Waals surface area contributed by atoms with Crippen LogP contribution in [-0.2, 0) is 4.74 Å². The highest BCUT2D eigenvalue weighted by Crippen LogP contribution is 2.36. The number of carbonyl (C=O) groups excluding carboxylic acids is 1. The predicted molar refractivity (Wildman–Crippen MR) is 87.0 cm³/mol. The Morgan fingerprint density at radius 3 is 2.45 bits per heavy atom. The molecule has 1 aliphatic heterocycles. The van der Waals surface area contributed by atoms with E-state index < -0.39 is 0 Å². The SMILES string of the molecule is COc1cccc2c1C(=O)OC2=Cc1ccc(N(C)C)cc1. The zero-order chi connectivity index (χ0) is 15.7. The molecule has 0 N–H and O–H groups in total. The van der Waals surface area contributed by atoms with Crippen molar-refractivity contribution in [2.75, 3.05) is 26.1 Å². The van der Waals surface area contributed by atoms with Crippen molar-refractivity contribution >= 4 is 23.5 Å². The standard InChI is InChI=1S/C18H17NO3/c1-19(2)13-9-7-12(8-10-13)11-16-14-5-4-6-15(21-3)17(14)18(20)22-16/h4-11H,1-3H3. The van der Waals surface area contributed by atoms with Crippen LogP contribution >= 0.6 is 0 Å². The van der Waals surface area contributed by atoms with E-state index in [2.05, 4.69) is 0 Å². The number of hydrogen-bond acceptors (Lipinski definition) is 4. The van der Waals surface area contributed by atoms with Crippen LogP contribution in [0.4, 0.5) is 5.69 Å². The van der Waals surface area contributed by atoms with E-state index in [-0.39, 0.29) is 5.97 Å². The van der Waals surface area contributed by atoms with Crippen molar-refractivity contribution in [2.24, 2.45) is 0 Å². The maximum atomic E-state index is 12.0. The third kappa shape index (κ3) is 2.44. The van der Waals surface area contributed by atoms with Gasteiger partial charge in [0.25, 0.3) is 0 Å². The van der Waals surface area contributed by atoms with E-state index in [0.717, 1.165) is 16.8 Å². The summed E-state index contributed by atoms with van der Waals surface area (Å²) in [6, 6.07) is 13.5. The summed E-state index contributed by atoms with van der Waals surface area (Å²) in [7, 11) is 5.54. The smallest absolute Gasteiger partial charge is 0.348 e. The minimum absolute atomic E-state index is 0.372. The van der Waals surface area contributed by atoms with E-state index in [1.165, 1.54) is 0 Å². The van der Waals surface area contributed by atoms with E-state index in [4.69, 9.17) is 9.47 Å². The number of benzene rings is 2. The monoisotopic (exact) mass is 295 g/mol. The molecule has 0 aromatic heterocycles. The van der Waals surface area contributed by atoms with Crippen LogP contribution < -0.4 is 9.64 Å². The molecule has 0 saturated heterocycles. The van der Waals surface area contributed by atoms with Crippen LogP contribution in [0.15, 0.2) is 42.5 Å². The molecule has 0 bridgehead atoms. The highest BCUT2D eigenvalue weighted by molar-refractivity contribution is 6.07. The van der Waals surface area contributed by atoms with Gasteiger partial charge in [0.2, 0.25) is 0 Å². The number of esters is 1. The lowest BCUT2D eigenvalue weighted by Crippen LogP contribution is -2.07. The number of hydrogen-bond donors (Lipinski definition) is 0. The summed E-state index contributed by atoms with van der Waals surface area (Å²) >= 11 is 0. The molecule has 1 aliphatic rings. The number of fused-ring (bicyclic) bond motifs is 1. The van der Waals surface area contributed by atoms with E-state index in [1.54, 1.807) is 13.2 Å². The van der Waals surface area contributed by atoms with Crippen molar-refractivity contribution in [3.05, 3.63) is 59.2 Å². The number of methoxy groups -OCH3 is 1. The van der Waals surface area contributed by atoms with Crippen LogP contribution in [0.2, 0.25) is 0 Å². The Morgan fingerprint density at radius 1 is 1.09 bits per heavy atom. The van der Waals surface area contributed by atoms with Crippen LogP contribution in [0, 0.1) is 0 Å². The van der Waals surface area contributed by atoms with Gasteiger partial charge in [-0.3, -0.25) is 0 Å². The van der Waals surface area contributed by atoms with Gasteiger partial charge in [0.15, 0.2) is 0 Å². The molecule has 4 nitrogen and oxygen atoms in total. The van der Waals surface area contributed by atoms with Gasteiger partial charge < -0.3 is 14.4 Å². The summed E-state index contributed by atoms with van der Waals surface area (Å²) in [4.78, 5) is 14.1. The third-order valence-electron chi connectivity index (χ3n) is 3.63. The number of anilines is 1. The topological polar surface area (TPSA) is 38.8 Å². The highest BCUT2D eigenvalue weighted by Gasteiger charge is 2.29. The average molecular weight is 295 g/mol. The molecule has 4 heteroatoms. The number of rotatable bonds is 3. The van der Waals surface area contributed by atoms with E-state index in [0.29, 0.717) is 17.1 Å². The van der Waals surface area contributed by atoms with Gasteiger partial charge in [0, 0.05) is 25.3 Å². The summed E-state index contributed by atoms with van der Waals surface area (Å²) < 4.78 is 10.6. The minimum atomic E-state index is -0.372. The van der Waals surface area contributed by atoms with Crippen LogP contribution in [0.25, 0.3) is 11.8 Å². The summed E-state index contributed by atoms with van der Waals surface area (Å²) in [5.41, 5.74) is 3.35. The van der Waals surface area contributed by atoms with Crippen LogP contribution in [0.1, 0.15) is 21.5 Å². The second-order valence-corrected chi connectivity index (χ2v) is 5.27. The first kappa shape index (κ1) is 14.2. The van der Waals surface area contributed by atoms with Gasteiger partial charge in [0.1, 0.15) is 17.1 Å². The van der Waals surface area contributed by atoms with Gasteiger partial charge >= 0.3 is 5.97 Å². The molecule has 0 spiro atoms. The molecule has 0 fully saturated rings. The average Bonchev–Trinajstić information content (AvgIpc) is 2.84. The molecule has 0 unspecified atom stereocenters. The largest absolute Gasteiger partial charge is 0.496 e. The molecule has 1 heterocycles. The Morgan fingerprint density at radius 2 is 1.82 bits per heavy atom. The van der Waals surface area contributed by atoms with Crippen molar-refractivity contribution in [1.29, 1.82) is 0 Å². The second kappa shape index (κ2) is 5.56. The lowest BCUT2D eigenvalue weighted by molar-refractivity contribution is 0.0714. The van der Waals surface area contributed by atoms with Gasteiger partial charge in [-0.2, -0.15) is 0 Å². The number of ether oxygens (including phenoxy) is 2. The Labute approximate surface area is 129 Å². The minimum Gasteiger partial charge on any atom is -0.496 e. The van der Waals surface area contributed by atoms with Crippen molar-refractivity contribution in [1.82, 2.24) is 0 Å². The van der Waals surface area contributed by atoms with E-state index in [1.807, 2.05) is 61.5 Å². The molecule has 112 valence electrons. The van der Waals surface area contributed by atoms with Crippen molar-refractivity contribution in [2.45, 2.75) is 0 Å². The normalized spacial score (nSPS) is 14.7. The van der Waals surface area contributed by atoms with Crippen molar-refractivity contribution in [3.63, 3.8) is 0 Å². The maximum absolute atomic E-state index is 12.0. The Bertz CT molecular complexity index is 745.